The lowest BCUT2D eigenvalue weighted by atomic mass is 10.2. The maximum Gasteiger partial charge on any atom is 0.286 e. The van der Waals surface area contributed by atoms with Crippen molar-refractivity contribution in [2.45, 2.75) is 6.42 Å². The molecule has 0 bridgehead atoms. The lowest BCUT2D eigenvalue weighted by Crippen LogP contribution is -3.14. The van der Waals surface area contributed by atoms with Crippen molar-refractivity contribution in [3.8, 4) is 17.4 Å². The first-order valence-corrected chi connectivity index (χ1v) is 10.7. The highest BCUT2D eigenvalue weighted by atomic mass is 35.5. The van der Waals surface area contributed by atoms with Gasteiger partial charge in [-0.3, -0.25) is 4.79 Å². The van der Waals surface area contributed by atoms with Crippen LogP contribution in [0.15, 0.2) is 50.7 Å². The van der Waals surface area contributed by atoms with E-state index < -0.39 is 0 Å². The molecule has 1 aromatic carbocycles. The van der Waals surface area contributed by atoms with Gasteiger partial charge in [0.15, 0.2) is 5.17 Å². The minimum absolute atomic E-state index is 0.228. The fourth-order valence-electron chi connectivity index (χ4n) is 3.36. The SMILES string of the molecule is N#CCC[NH+]1CCN(C2=NC(=O)/C(=C\c3ccc(-c4ccc(Cl)cc4)o3)S2)CC1. The van der Waals surface area contributed by atoms with Crippen LogP contribution in [0, 0.1) is 11.3 Å². The summed E-state index contributed by atoms with van der Waals surface area (Å²) in [4.78, 5) is 20.7. The largest absolute Gasteiger partial charge is 0.457 e. The van der Waals surface area contributed by atoms with E-state index in [0.29, 0.717) is 22.1 Å². The van der Waals surface area contributed by atoms with Gasteiger partial charge >= 0.3 is 0 Å². The topological polar surface area (TPSA) is 74.0 Å². The van der Waals surface area contributed by atoms with Crippen LogP contribution in [0.3, 0.4) is 0 Å². The van der Waals surface area contributed by atoms with Gasteiger partial charge in [0, 0.05) is 16.7 Å². The van der Waals surface area contributed by atoms with Crippen LogP contribution in [-0.2, 0) is 4.79 Å². The summed E-state index contributed by atoms with van der Waals surface area (Å²) in [5, 5.41) is 10.2. The number of rotatable bonds is 4. The summed E-state index contributed by atoms with van der Waals surface area (Å²) in [6.07, 6.45) is 2.33. The van der Waals surface area contributed by atoms with Crippen molar-refractivity contribution in [1.29, 1.82) is 5.26 Å². The molecule has 6 nitrogen and oxygen atoms in total. The molecule has 4 rings (SSSR count). The maximum absolute atomic E-state index is 12.4. The monoisotopic (exact) mass is 427 g/mol. The summed E-state index contributed by atoms with van der Waals surface area (Å²) in [6.45, 7) is 4.47. The standard InChI is InChI=1S/C21H19ClN4O2S/c22-16-4-2-15(3-5-16)18-7-6-17(28-18)14-19-20(27)24-21(29-19)26-12-10-25(11-13-26)9-1-8-23/h2-7,14H,1,9-13H2/p+1/b19-14+. The second kappa shape index (κ2) is 8.87. The number of benzene rings is 1. The van der Waals surface area contributed by atoms with E-state index >= 15 is 0 Å². The Labute approximate surface area is 178 Å². The number of quaternary nitrogens is 1. The van der Waals surface area contributed by atoms with E-state index in [1.807, 2.05) is 36.4 Å². The Kier molecular flexibility index (Phi) is 6.05. The average Bonchev–Trinajstić information content (AvgIpc) is 3.35. The van der Waals surface area contributed by atoms with E-state index in [-0.39, 0.29) is 5.91 Å². The molecule has 0 radical (unpaired) electrons. The molecule has 0 atom stereocenters. The Morgan fingerprint density at radius 1 is 1.24 bits per heavy atom. The average molecular weight is 428 g/mol. The van der Waals surface area contributed by atoms with Crippen LogP contribution in [-0.4, -0.2) is 48.7 Å². The molecule has 2 aliphatic rings. The lowest BCUT2D eigenvalue weighted by Gasteiger charge is -2.32. The van der Waals surface area contributed by atoms with E-state index in [1.165, 1.54) is 16.7 Å². The van der Waals surface area contributed by atoms with E-state index in [1.54, 1.807) is 6.08 Å². The van der Waals surface area contributed by atoms with Crippen LogP contribution >= 0.6 is 23.4 Å². The van der Waals surface area contributed by atoms with Gasteiger partial charge in [-0.25, -0.2) is 0 Å². The molecule has 1 fully saturated rings. The number of halogens is 1. The number of amides is 1. The Morgan fingerprint density at radius 3 is 2.72 bits per heavy atom. The molecule has 0 unspecified atom stereocenters. The van der Waals surface area contributed by atoms with Crippen LogP contribution in [0.2, 0.25) is 5.02 Å². The van der Waals surface area contributed by atoms with Gasteiger partial charge < -0.3 is 14.2 Å². The zero-order valence-electron chi connectivity index (χ0n) is 15.7. The Morgan fingerprint density at radius 2 is 2.00 bits per heavy atom. The molecule has 2 aromatic rings. The van der Waals surface area contributed by atoms with Gasteiger partial charge in [-0.1, -0.05) is 11.6 Å². The molecule has 29 heavy (non-hydrogen) atoms. The normalized spacial score (nSPS) is 18.9. The molecule has 1 N–H and O–H groups in total. The first-order chi connectivity index (χ1) is 14.1. The smallest absolute Gasteiger partial charge is 0.286 e. The number of nitrogens with zero attached hydrogens (tertiary/aromatic N) is 3. The van der Waals surface area contributed by atoms with E-state index in [2.05, 4.69) is 16.0 Å². The number of aliphatic imine (C=N–C) groups is 1. The molecule has 8 heteroatoms. The van der Waals surface area contributed by atoms with Crippen molar-refractivity contribution in [3.63, 3.8) is 0 Å². The van der Waals surface area contributed by atoms with Gasteiger partial charge in [0.2, 0.25) is 0 Å². The summed E-state index contributed by atoms with van der Waals surface area (Å²) >= 11 is 7.33. The molecular formula is C21H20ClN4O2S+. The number of nitrogens with one attached hydrogen (secondary N) is 1. The highest BCUT2D eigenvalue weighted by Crippen LogP contribution is 2.32. The first kappa shape index (κ1) is 19.8. The van der Waals surface area contributed by atoms with Gasteiger partial charge in [0.1, 0.15) is 11.5 Å². The van der Waals surface area contributed by atoms with Crippen LogP contribution < -0.4 is 4.90 Å². The lowest BCUT2D eigenvalue weighted by molar-refractivity contribution is -0.903. The zero-order valence-corrected chi connectivity index (χ0v) is 17.3. The second-order valence-electron chi connectivity index (χ2n) is 6.91. The Balaban J connectivity index is 1.39. The highest BCUT2D eigenvalue weighted by molar-refractivity contribution is 8.18. The molecule has 0 spiro atoms. The number of carbonyl (C=O) groups is 1. The van der Waals surface area contributed by atoms with Crippen LogP contribution in [0.25, 0.3) is 17.4 Å². The van der Waals surface area contributed by atoms with Crippen molar-refractivity contribution in [2.24, 2.45) is 4.99 Å². The van der Waals surface area contributed by atoms with E-state index in [4.69, 9.17) is 21.3 Å². The Bertz CT molecular complexity index is 998. The van der Waals surface area contributed by atoms with Gasteiger partial charge in [0.05, 0.1) is 50.1 Å². The van der Waals surface area contributed by atoms with Crippen LogP contribution in [0.1, 0.15) is 12.2 Å². The predicted octanol–water partition coefficient (Wildman–Crippen LogP) is 2.68. The second-order valence-corrected chi connectivity index (χ2v) is 8.36. The van der Waals surface area contributed by atoms with Gasteiger partial charge in [-0.2, -0.15) is 10.3 Å². The van der Waals surface area contributed by atoms with Crippen LogP contribution in [0.4, 0.5) is 0 Å². The predicted molar refractivity (Wildman–Crippen MR) is 115 cm³/mol. The number of hydrogen-bond donors (Lipinski definition) is 1. The molecule has 2 aliphatic heterocycles. The van der Waals surface area contributed by atoms with Crippen molar-refractivity contribution in [2.75, 3.05) is 32.7 Å². The van der Waals surface area contributed by atoms with Gasteiger partial charge in [0.25, 0.3) is 5.91 Å². The summed E-state index contributed by atoms with van der Waals surface area (Å²) in [6, 6.07) is 13.4. The van der Waals surface area contributed by atoms with E-state index in [9.17, 15) is 4.79 Å². The molecule has 0 saturated carbocycles. The van der Waals surface area contributed by atoms with Crippen molar-refractivity contribution in [1.82, 2.24) is 4.90 Å². The minimum atomic E-state index is -0.228. The third-order valence-electron chi connectivity index (χ3n) is 4.97. The third kappa shape index (κ3) is 4.73. The molecular weight excluding hydrogens is 408 g/mol. The van der Waals surface area contributed by atoms with Crippen LogP contribution in [0.5, 0.6) is 0 Å². The fourth-order valence-corrected chi connectivity index (χ4v) is 4.43. The third-order valence-corrected chi connectivity index (χ3v) is 6.27. The summed E-state index contributed by atoms with van der Waals surface area (Å²) in [7, 11) is 0. The molecule has 3 heterocycles. The molecule has 148 valence electrons. The van der Waals surface area contributed by atoms with Gasteiger partial charge in [-0.05, 0) is 48.2 Å². The molecule has 1 saturated heterocycles. The van der Waals surface area contributed by atoms with Crippen molar-refractivity contribution >= 4 is 40.5 Å². The first-order valence-electron chi connectivity index (χ1n) is 9.46. The fraction of sp³-hybridized carbons (Fsp3) is 0.286. The number of carbonyl (C=O) groups excluding carboxylic acids is 1. The maximum atomic E-state index is 12.4. The quantitative estimate of drug-likeness (QED) is 0.759. The zero-order chi connectivity index (χ0) is 20.2. The summed E-state index contributed by atoms with van der Waals surface area (Å²) < 4.78 is 5.87. The van der Waals surface area contributed by atoms with Crippen molar-refractivity contribution < 1.29 is 14.1 Å². The number of nitriles is 1. The number of thioether (sulfide) groups is 1. The number of furan rings is 1. The number of hydrogen-bond acceptors (Lipinski definition) is 5. The van der Waals surface area contributed by atoms with Crippen molar-refractivity contribution in [3.05, 3.63) is 52.1 Å². The summed E-state index contributed by atoms with van der Waals surface area (Å²) in [5.74, 6) is 1.11. The Hall–Kier alpha value is -2.53. The van der Waals surface area contributed by atoms with E-state index in [0.717, 1.165) is 49.2 Å². The minimum Gasteiger partial charge on any atom is -0.457 e. The number of piperazine rings is 1. The molecule has 1 aromatic heterocycles. The highest BCUT2D eigenvalue weighted by Gasteiger charge is 2.29. The summed E-state index contributed by atoms with van der Waals surface area (Å²) in [5.41, 5.74) is 0.929. The number of amidine groups is 1. The molecule has 1 amide bonds. The molecule has 0 aliphatic carbocycles. The van der Waals surface area contributed by atoms with Gasteiger partial charge in [-0.15, -0.1) is 0 Å².